The standard InChI is InChI=1S/2C8H12.2C2H6/c2*1-7(2)8-5-3-4-6-8;2*1-2/h3,5-7H,4H2,1-2H3;3-5,7H,6H2,1-2H3;2*1-2H3. The lowest BCUT2D eigenvalue weighted by molar-refractivity contribution is 0.753. The Morgan fingerprint density at radius 3 is 1.65 bits per heavy atom. The van der Waals surface area contributed by atoms with Gasteiger partial charge in [-0.25, -0.2) is 0 Å². The molecule has 0 amide bonds. The zero-order valence-electron chi connectivity index (χ0n) is 15.0. The number of hydrogen-bond acceptors (Lipinski definition) is 0. The molecular formula is C20H36. The Morgan fingerprint density at radius 2 is 1.45 bits per heavy atom. The van der Waals surface area contributed by atoms with Crippen LogP contribution >= 0.6 is 0 Å². The lowest BCUT2D eigenvalue weighted by atomic mass is 10.0. The van der Waals surface area contributed by atoms with Gasteiger partial charge in [0.2, 0.25) is 0 Å². The first-order valence-corrected chi connectivity index (χ1v) is 8.33. The van der Waals surface area contributed by atoms with Crippen LogP contribution in [0.15, 0.2) is 47.6 Å². The van der Waals surface area contributed by atoms with Crippen LogP contribution in [-0.2, 0) is 0 Å². The Balaban J connectivity index is 0. The number of allylic oxidation sites excluding steroid dienone is 8. The van der Waals surface area contributed by atoms with E-state index in [-0.39, 0.29) is 0 Å². The van der Waals surface area contributed by atoms with Gasteiger partial charge in [-0.1, -0.05) is 97.4 Å². The molecule has 0 N–H and O–H groups in total. The molecule has 2 aliphatic rings. The predicted octanol–water partition coefficient (Wildman–Crippen LogP) is 7.11. The van der Waals surface area contributed by atoms with Crippen LogP contribution in [0.4, 0.5) is 0 Å². The van der Waals surface area contributed by atoms with E-state index in [1.165, 1.54) is 12.0 Å². The van der Waals surface area contributed by atoms with E-state index < -0.39 is 0 Å². The van der Waals surface area contributed by atoms with Crippen molar-refractivity contribution in [2.45, 2.75) is 68.2 Å². The first-order valence-electron chi connectivity index (χ1n) is 8.33. The van der Waals surface area contributed by atoms with E-state index in [4.69, 9.17) is 0 Å². The third-order valence-electron chi connectivity index (χ3n) is 3.01. The summed E-state index contributed by atoms with van der Waals surface area (Å²) in [4.78, 5) is 0. The van der Waals surface area contributed by atoms with Gasteiger partial charge in [-0.05, 0) is 30.3 Å². The summed E-state index contributed by atoms with van der Waals surface area (Å²) in [6.07, 6.45) is 15.6. The Bertz CT molecular complexity index is 322. The fourth-order valence-electron chi connectivity index (χ4n) is 1.80. The maximum Gasteiger partial charge on any atom is -0.0130 e. The Hall–Kier alpha value is -1.04. The quantitative estimate of drug-likeness (QED) is 0.504. The Labute approximate surface area is 128 Å². The van der Waals surface area contributed by atoms with Crippen molar-refractivity contribution in [3.8, 4) is 0 Å². The highest BCUT2D eigenvalue weighted by molar-refractivity contribution is 5.27. The van der Waals surface area contributed by atoms with Crippen LogP contribution in [-0.4, -0.2) is 0 Å². The van der Waals surface area contributed by atoms with Crippen molar-refractivity contribution in [2.24, 2.45) is 11.8 Å². The monoisotopic (exact) mass is 276 g/mol. The summed E-state index contributed by atoms with van der Waals surface area (Å²) in [6, 6.07) is 0. The summed E-state index contributed by atoms with van der Waals surface area (Å²) in [5.41, 5.74) is 3.05. The fourth-order valence-corrected chi connectivity index (χ4v) is 1.80. The van der Waals surface area contributed by atoms with Crippen LogP contribution in [0.2, 0.25) is 0 Å². The second kappa shape index (κ2) is 14.4. The van der Waals surface area contributed by atoms with Gasteiger partial charge in [-0.2, -0.15) is 0 Å². The molecule has 0 radical (unpaired) electrons. The van der Waals surface area contributed by atoms with E-state index >= 15 is 0 Å². The molecule has 20 heavy (non-hydrogen) atoms. The van der Waals surface area contributed by atoms with E-state index in [9.17, 15) is 0 Å². The molecule has 0 aromatic rings. The van der Waals surface area contributed by atoms with Crippen molar-refractivity contribution < 1.29 is 0 Å². The molecule has 116 valence electrons. The molecule has 2 aliphatic carbocycles. The molecule has 0 atom stereocenters. The van der Waals surface area contributed by atoms with Gasteiger partial charge >= 0.3 is 0 Å². The lowest BCUT2D eigenvalue weighted by Gasteiger charge is -2.02. The topological polar surface area (TPSA) is 0 Å². The number of hydrogen-bond donors (Lipinski definition) is 0. The van der Waals surface area contributed by atoms with Crippen molar-refractivity contribution in [3.63, 3.8) is 0 Å². The molecule has 0 saturated carbocycles. The summed E-state index contributed by atoms with van der Waals surface area (Å²) >= 11 is 0. The molecule has 0 saturated heterocycles. The van der Waals surface area contributed by atoms with Gasteiger partial charge in [-0.15, -0.1) is 0 Å². The summed E-state index contributed by atoms with van der Waals surface area (Å²) < 4.78 is 0. The summed E-state index contributed by atoms with van der Waals surface area (Å²) in [5.74, 6) is 1.46. The second-order valence-electron chi connectivity index (χ2n) is 5.03. The van der Waals surface area contributed by atoms with Crippen LogP contribution in [0.5, 0.6) is 0 Å². The molecule has 0 heteroatoms. The highest BCUT2D eigenvalue weighted by atomic mass is 14.1. The third kappa shape index (κ3) is 9.83. The average molecular weight is 277 g/mol. The number of rotatable bonds is 2. The molecule has 2 rings (SSSR count). The maximum atomic E-state index is 2.28. The van der Waals surface area contributed by atoms with Crippen molar-refractivity contribution in [1.82, 2.24) is 0 Å². The van der Waals surface area contributed by atoms with Crippen molar-refractivity contribution in [3.05, 3.63) is 47.6 Å². The highest BCUT2D eigenvalue weighted by Crippen LogP contribution is 2.18. The summed E-state index contributed by atoms with van der Waals surface area (Å²) in [6.45, 7) is 16.9. The van der Waals surface area contributed by atoms with Crippen LogP contribution in [0.1, 0.15) is 68.2 Å². The molecule has 0 fully saturated rings. The molecular weight excluding hydrogens is 240 g/mol. The van der Waals surface area contributed by atoms with Crippen LogP contribution in [0.25, 0.3) is 0 Å². The van der Waals surface area contributed by atoms with Crippen molar-refractivity contribution in [2.75, 3.05) is 0 Å². The molecule has 0 aromatic carbocycles. The highest BCUT2D eigenvalue weighted by Gasteiger charge is 2.02. The summed E-state index contributed by atoms with van der Waals surface area (Å²) in [5, 5.41) is 0. The van der Waals surface area contributed by atoms with E-state index in [0.717, 1.165) is 12.3 Å². The lowest BCUT2D eigenvalue weighted by Crippen LogP contribution is -1.88. The first-order chi connectivity index (χ1) is 9.61. The van der Waals surface area contributed by atoms with E-state index in [2.05, 4.69) is 64.2 Å². The van der Waals surface area contributed by atoms with Crippen LogP contribution in [0, 0.1) is 11.8 Å². The molecule has 0 aromatic heterocycles. The minimum absolute atomic E-state index is 0.716. The molecule has 0 unspecified atom stereocenters. The SMILES string of the molecule is CC.CC.CC(C)C1=CC=CC1.CC(C)C1=CCC=C1. The van der Waals surface area contributed by atoms with Gasteiger partial charge in [0.25, 0.3) is 0 Å². The van der Waals surface area contributed by atoms with Gasteiger partial charge in [-0.3, -0.25) is 0 Å². The van der Waals surface area contributed by atoms with E-state index in [1.54, 1.807) is 5.57 Å². The second-order valence-corrected chi connectivity index (χ2v) is 5.03. The minimum atomic E-state index is 0.716. The van der Waals surface area contributed by atoms with Crippen molar-refractivity contribution in [1.29, 1.82) is 0 Å². The predicted molar refractivity (Wildman–Crippen MR) is 96.1 cm³/mol. The smallest absolute Gasteiger partial charge is 0.0130 e. The van der Waals surface area contributed by atoms with Gasteiger partial charge in [0.1, 0.15) is 0 Å². The first kappa shape index (κ1) is 21.3. The third-order valence-corrected chi connectivity index (χ3v) is 3.01. The zero-order chi connectivity index (χ0) is 16.0. The normalized spacial score (nSPS) is 14.7. The van der Waals surface area contributed by atoms with E-state index in [0.29, 0.717) is 5.92 Å². The van der Waals surface area contributed by atoms with Crippen LogP contribution in [0.3, 0.4) is 0 Å². The Morgan fingerprint density at radius 1 is 0.850 bits per heavy atom. The minimum Gasteiger partial charge on any atom is -0.0805 e. The molecule has 0 nitrogen and oxygen atoms in total. The zero-order valence-corrected chi connectivity index (χ0v) is 15.0. The molecule has 0 heterocycles. The Kier molecular flexibility index (Phi) is 15.3. The fraction of sp³-hybridized carbons (Fsp3) is 0.600. The van der Waals surface area contributed by atoms with Crippen molar-refractivity contribution >= 4 is 0 Å². The van der Waals surface area contributed by atoms with Gasteiger partial charge < -0.3 is 0 Å². The van der Waals surface area contributed by atoms with E-state index in [1.807, 2.05) is 27.7 Å². The van der Waals surface area contributed by atoms with Gasteiger partial charge in [0, 0.05) is 0 Å². The molecule has 0 spiro atoms. The average Bonchev–Trinajstić information content (AvgIpc) is 3.17. The molecule has 0 aliphatic heterocycles. The molecule has 0 bridgehead atoms. The largest absolute Gasteiger partial charge is 0.0805 e. The maximum absolute atomic E-state index is 2.28. The summed E-state index contributed by atoms with van der Waals surface area (Å²) in [7, 11) is 0. The van der Waals surface area contributed by atoms with Gasteiger partial charge in [0.05, 0.1) is 0 Å². The van der Waals surface area contributed by atoms with Gasteiger partial charge in [0.15, 0.2) is 0 Å². The van der Waals surface area contributed by atoms with Crippen LogP contribution < -0.4 is 0 Å².